The van der Waals surface area contributed by atoms with Crippen molar-refractivity contribution in [2.45, 2.75) is 32.3 Å². The third-order valence-corrected chi connectivity index (χ3v) is 2.92. The highest BCUT2D eigenvalue weighted by atomic mass is 16.3. The van der Waals surface area contributed by atoms with Gasteiger partial charge in [0.15, 0.2) is 0 Å². The number of rotatable bonds is 5. The van der Waals surface area contributed by atoms with Gasteiger partial charge >= 0.3 is 0 Å². The molecule has 1 saturated carbocycles. The van der Waals surface area contributed by atoms with Crippen LogP contribution in [0.1, 0.15) is 26.2 Å². The molecule has 1 atom stereocenters. The SMILES string of the molecule is CCC(CN)C(=O)NCC1CC(O)C1. The summed E-state index contributed by atoms with van der Waals surface area (Å²) in [7, 11) is 0. The average Bonchev–Trinajstić information content (AvgIpc) is 2.12. The molecule has 0 aromatic carbocycles. The summed E-state index contributed by atoms with van der Waals surface area (Å²) in [4.78, 5) is 11.5. The smallest absolute Gasteiger partial charge is 0.224 e. The first-order chi connectivity index (χ1) is 6.67. The van der Waals surface area contributed by atoms with Gasteiger partial charge in [0.25, 0.3) is 0 Å². The quantitative estimate of drug-likeness (QED) is 0.578. The van der Waals surface area contributed by atoms with E-state index in [9.17, 15) is 4.79 Å². The summed E-state index contributed by atoms with van der Waals surface area (Å²) in [5, 5.41) is 11.9. The third kappa shape index (κ3) is 2.96. The Hall–Kier alpha value is -0.610. The number of nitrogens with one attached hydrogen (secondary N) is 1. The number of aliphatic hydroxyl groups excluding tert-OH is 1. The number of carbonyl (C=O) groups is 1. The second-order valence-electron chi connectivity index (χ2n) is 4.08. The number of nitrogens with two attached hydrogens (primary N) is 1. The Labute approximate surface area is 84.9 Å². The molecule has 0 aromatic rings. The van der Waals surface area contributed by atoms with Gasteiger partial charge in [-0.2, -0.15) is 0 Å². The summed E-state index contributed by atoms with van der Waals surface area (Å²) >= 11 is 0. The van der Waals surface area contributed by atoms with Gasteiger partial charge in [0.1, 0.15) is 0 Å². The lowest BCUT2D eigenvalue weighted by Crippen LogP contribution is -2.41. The lowest BCUT2D eigenvalue weighted by atomic mass is 9.82. The standard InChI is InChI=1S/C10H20N2O2/c1-2-8(5-11)10(14)12-6-7-3-9(13)4-7/h7-9,13H,2-6,11H2,1H3,(H,12,14). The summed E-state index contributed by atoms with van der Waals surface area (Å²) in [6, 6.07) is 0. The van der Waals surface area contributed by atoms with Gasteiger partial charge < -0.3 is 16.2 Å². The van der Waals surface area contributed by atoms with Crippen molar-refractivity contribution in [1.29, 1.82) is 0 Å². The first kappa shape index (κ1) is 11.5. The summed E-state index contributed by atoms with van der Waals surface area (Å²) in [6.45, 7) is 3.06. The van der Waals surface area contributed by atoms with E-state index in [1.54, 1.807) is 0 Å². The number of amides is 1. The molecule has 0 radical (unpaired) electrons. The van der Waals surface area contributed by atoms with E-state index >= 15 is 0 Å². The maximum absolute atomic E-state index is 11.5. The van der Waals surface area contributed by atoms with Crippen LogP contribution in [0, 0.1) is 11.8 Å². The number of hydrogen-bond donors (Lipinski definition) is 3. The summed E-state index contributed by atoms with van der Waals surface area (Å²) < 4.78 is 0. The predicted octanol–water partition coefficient (Wildman–Crippen LogP) is -0.142. The molecule has 1 unspecified atom stereocenters. The summed E-state index contributed by atoms with van der Waals surface area (Å²) in [5.41, 5.74) is 5.46. The van der Waals surface area contributed by atoms with Crippen LogP contribution in [0.2, 0.25) is 0 Å². The van der Waals surface area contributed by atoms with Gasteiger partial charge in [-0.3, -0.25) is 4.79 Å². The van der Waals surface area contributed by atoms with Gasteiger partial charge in [-0.05, 0) is 25.2 Å². The molecule has 1 fully saturated rings. The van der Waals surface area contributed by atoms with E-state index in [0.717, 1.165) is 19.3 Å². The molecule has 1 rings (SSSR count). The van der Waals surface area contributed by atoms with Crippen LogP contribution in [0.15, 0.2) is 0 Å². The van der Waals surface area contributed by atoms with E-state index in [2.05, 4.69) is 5.32 Å². The molecule has 0 aromatic heterocycles. The first-order valence-electron chi connectivity index (χ1n) is 5.33. The van der Waals surface area contributed by atoms with Crippen LogP contribution in [0.3, 0.4) is 0 Å². The maximum atomic E-state index is 11.5. The summed E-state index contributed by atoms with van der Waals surface area (Å²) in [5.74, 6) is 0.459. The largest absolute Gasteiger partial charge is 0.393 e. The normalized spacial score (nSPS) is 27.9. The van der Waals surface area contributed by atoms with Crippen molar-refractivity contribution in [3.05, 3.63) is 0 Å². The van der Waals surface area contributed by atoms with E-state index in [1.165, 1.54) is 0 Å². The average molecular weight is 200 g/mol. The Morgan fingerprint density at radius 1 is 1.64 bits per heavy atom. The molecule has 4 N–H and O–H groups in total. The van der Waals surface area contributed by atoms with E-state index in [0.29, 0.717) is 19.0 Å². The molecular formula is C10H20N2O2. The van der Waals surface area contributed by atoms with Crippen LogP contribution in [0.4, 0.5) is 0 Å². The highest BCUT2D eigenvalue weighted by Crippen LogP contribution is 2.26. The van der Waals surface area contributed by atoms with E-state index in [4.69, 9.17) is 10.8 Å². The molecule has 0 heterocycles. The third-order valence-electron chi connectivity index (χ3n) is 2.92. The Morgan fingerprint density at radius 2 is 2.29 bits per heavy atom. The van der Waals surface area contributed by atoms with Gasteiger partial charge in [0.05, 0.1) is 6.10 Å². The van der Waals surface area contributed by atoms with Crippen LogP contribution in [-0.2, 0) is 4.79 Å². The van der Waals surface area contributed by atoms with Crippen LogP contribution < -0.4 is 11.1 Å². The van der Waals surface area contributed by atoms with Crippen molar-refractivity contribution in [3.63, 3.8) is 0 Å². The van der Waals surface area contributed by atoms with Crippen molar-refractivity contribution in [2.75, 3.05) is 13.1 Å². The molecule has 14 heavy (non-hydrogen) atoms. The molecule has 0 spiro atoms. The monoisotopic (exact) mass is 200 g/mol. The zero-order chi connectivity index (χ0) is 10.6. The first-order valence-corrected chi connectivity index (χ1v) is 5.33. The van der Waals surface area contributed by atoms with Gasteiger partial charge in [-0.1, -0.05) is 6.92 Å². The van der Waals surface area contributed by atoms with Crippen LogP contribution >= 0.6 is 0 Å². The minimum Gasteiger partial charge on any atom is -0.393 e. The van der Waals surface area contributed by atoms with Gasteiger partial charge in [0, 0.05) is 19.0 Å². The second kappa shape index (κ2) is 5.32. The zero-order valence-corrected chi connectivity index (χ0v) is 8.70. The molecular weight excluding hydrogens is 180 g/mol. The fourth-order valence-corrected chi connectivity index (χ4v) is 1.72. The highest BCUT2D eigenvalue weighted by molar-refractivity contribution is 5.78. The van der Waals surface area contributed by atoms with E-state index in [1.807, 2.05) is 6.92 Å². The van der Waals surface area contributed by atoms with Crippen LogP contribution in [-0.4, -0.2) is 30.2 Å². The molecule has 0 aliphatic heterocycles. The second-order valence-corrected chi connectivity index (χ2v) is 4.08. The zero-order valence-electron chi connectivity index (χ0n) is 8.70. The topological polar surface area (TPSA) is 75.4 Å². The number of hydrogen-bond acceptors (Lipinski definition) is 3. The lowest BCUT2D eigenvalue weighted by Gasteiger charge is -2.31. The van der Waals surface area contributed by atoms with Gasteiger partial charge in [0.2, 0.25) is 5.91 Å². The maximum Gasteiger partial charge on any atom is 0.224 e. The summed E-state index contributed by atoms with van der Waals surface area (Å²) in [6.07, 6.45) is 2.28. The fourth-order valence-electron chi connectivity index (χ4n) is 1.72. The van der Waals surface area contributed by atoms with Crippen molar-refractivity contribution in [1.82, 2.24) is 5.32 Å². The minimum absolute atomic E-state index is 0.0522. The van der Waals surface area contributed by atoms with Crippen molar-refractivity contribution < 1.29 is 9.90 Å². The van der Waals surface area contributed by atoms with Gasteiger partial charge in [-0.15, -0.1) is 0 Å². The molecule has 4 nitrogen and oxygen atoms in total. The van der Waals surface area contributed by atoms with Crippen LogP contribution in [0.5, 0.6) is 0 Å². The molecule has 1 aliphatic rings. The number of carbonyl (C=O) groups excluding carboxylic acids is 1. The van der Waals surface area contributed by atoms with Crippen molar-refractivity contribution in [3.8, 4) is 0 Å². The Morgan fingerprint density at radius 3 is 2.71 bits per heavy atom. The molecule has 1 aliphatic carbocycles. The van der Waals surface area contributed by atoms with Gasteiger partial charge in [-0.25, -0.2) is 0 Å². The van der Waals surface area contributed by atoms with Crippen LogP contribution in [0.25, 0.3) is 0 Å². The predicted molar refractivity (Wildman–Crippen MR) is 54.6 cm³/mol. The molecule has 1 amide bonds. The number of aliphatic hydroxyl groups is 1. The Kier molecular flexibility index (Phi) is 4.35. The minimum atomic E-state index is -0.145. The van der Waals surface area contributed by atoms with E-state index in [-0.39, 0.29) is 17.9 Å². The Bertz CT molecular complexity index is 187. The fraction of sp³-hybridized carbons (Fsp3) is 0.900. The van der Waals surface area contributed by atoms with Crippen molar-refractivity contribution >= 4 is 5.91 Å². The van der Waals surface area contributed by atoms with E-state index < -0.39 is 0 Å². The highest BCUT2D eigenvalue weighted by Gasteiger charge is 2.27. The molecule has 4 heteroatoms. The Balaban J connectivity index is 2.14. The molecule has 0 bridgehead atoms. The molecule has 0 saturated heterocycles. The molecule has 82 valence electrons. The van der Waals surface area contributed by atoms with Crippen molar-refractivity contribution in [2.24, 2.45) is 17.6 Å². The lowest BCUT2D eigenvalue weighted by molar-refractivity contribution is -0.125.